The average Bonchev–Trinajstić information content (AvgIpc) is 2.35. The molecular formula is C11H8BrFN2O3S. The average molecular weight is 347 g/mol. The Bertz CT molecular complexity index is 722. The van der Waals surface area contributed by atoms with E-state index in [2.05, 4.69) is 25.6 Å². The molecule has 0 fully saturated rings. The Hall–Kier alpha value is -1.67. The van der Waals surface area contributed by atoms with Gasteiger partial charge < -0.3 is 5.11 Å². The molecule has 19 heavy (non-hydrogen) atoms. The third-order valence-electron chi connectivity index (χ3n) is 2.24. The summed E-state index contributed by atoms with van der Waals surface area (Å²) in [6.45, 7) is 0. The van der Waals surface area contributed by atoms with Gasteiger partial charge in [0, 0.05) is 12.3 Å². The lowest BCUT2D eigenvalue weighted by Gasteiger charge is -2.09. The zero-order valence-corrected chi connectivity index (χ0v) is 11.7. The molecule has 5 nitrogen and oxygen atoms in total. The molecule has 0 saturated carbocycles. The minimum absolute atomic E-state index is 0.0779. The first-order chi connectivity index (χ1) is 8.90. The largest absolute Gasteiger partial charge is 0.506 e. The summed E-state index contributed by atoms with van der Waals surface area (Å²) in [5, 5.41) is 9.47. The van der Waals surface area contributed by atoms with Crippen molar-refractivity contribution in [2.24, 2.45) is 0 Å². The first-order valence-electron chi connectivity index (χ1n) is 5.01. The molecule has 0 radical (unpaired) electrons. The number of pyridine rings is 1. The molecule has 0 unspecified atom stereocenters. The van der Waals surface area contributed by atoms with E-state index >= 15 is 0 Å². The van der Waals surface area contributed by atoms with Crippen molar-refractivity contribution in [1.82, 2.24) is 4.98 Å². The lowest BCUT2D eigenvalue weighted by Crippen LogP contribution is -2.13. The molecule has 8 heteroatoms. The molecule has 100 valence electrons. The standard InChI is InChI=1S/C11H8BrFN2O3S/c12-8-2-1-7(5-9(8)13)19(17,18)15-10-6-14-4-3-11(10)16/h1-6,15H,(H,14,16). The summed E-state index contributed by atoms with van der Waals surface area (Å²) >= 11 is 2.93. The van der Waals surface area contributed by atoms with Crippen molar-refractivity contribution in [3.8, 4) is 5.75 Å². The first-order valence-corrected chi connectivity index (χ1v) is 7.28. The number of aromatic nitrogens is 1. The summed E-state index contributed by atoms with van der Waals surface area (Å²) in [7, 11) is -3.99. The quantitative estimate of drug-likeness (QED) is 0.894. The summed E-state index contributed by atoms with van der Waals surface area (Å²) < 4.78 is 39.6. The number of benzene rings is 1. The van der Waals surface area contributed by atoms with E-state index in [1.54, 1.807) is 0 Å². The predicted octanol–water partition coefficient (Wildman–Crippen LogP) is 2.49. The zero-order chi connectivity index (χ0) is 14.0. The molecule has 1 aromatic heterocycles. The van der Waals surface area contributed by atoms with Gasteiger partial charge in [-0.05, 0) is 34.1 Å². The van der Waals surface area contributed by atoms with Crippen LogP contribution in [0.3, 0.4) is 0 Å². The monoisotopic (exact) mass is 346 g/mol. The number of nitrogens with one attached hydrogen (secondary N) is 1. The molecule has 0 bridgehead atoms. The van der Waals surface area contributed by atoms with Crippen LogP contribution in [0.2, 0.25) is 0 Å². The fourth-order valence-electron chi connectivity index (χ4n) is 1.31. The molecule has 2 N–H and O–H groups in total. The van der Waals surface area contributed by atoms with E-state index in [0.717, 1.165) is 12.3 Å². The summed E-state index contributed by atoms with van der Waals surface area (Å²) in [6.07, 6.45) is 2.47. The van der Waals surface area contributed by atoms with Crippen molar-refractivity contribution in [3.05, 3.63) is 46.9 Å². The van der Waals surface area contributed by atoms with E-state index in [1.165, 1.54) is 24.4 Å². The Morgan fingerprint density at radius 2 is 2.05 bits per heavy atom. The molecular weight excluding hydrogens is 339 g/mol. The first kappa shape index (κ1) is 13.8. The third-order valence-corrected chi connectivity index (χ3v) is 4.25. The van der Waals surface area contributed by atoms with Crippen LogP contribution in [0.4, 0.5) is 10.1 Å². The van der Waals surface area contributed by atoms with Gasteiger partial charge in [-0.15, -0.1) is 0 Å². The van der Waals surface area contributed by atoms with Crippen molar-refractivity contribution in [1.29, 1.82) is 0 Å². The Morgan fingerprint density at radius 1 is 1.32 bits per heavy atom. The fourth-order valence-corrected chi connectivity index (χ4v) is 2.63. The molecule has 2 rings (SSSR count). The van der Waals surface area contributed by atoms with Crippen LogP contribution in [-0.2, 0) is 10.0 Å². The summed E-state index contributed by atoms with van der Waals surface area (Å²) in [4.78, 5) is 3.43. The lowest BCUT2D eigenvalue weighted by molar-refractivity contribution is 0.477. The highest BCUT2D eigenvalue weighted by Gasteiger charge is 2.17. The zero-order valence-electron chi connectivity index (χ0n) is 9.34. The number of halogens is 2. The highest BCUT2D eigenvalue weighted by atomic mass is 79.9. The number of hydrogen-bond acceptors (Lipinski definition) is 4. The predicted molar refractivity (Wildman–Crippen MR) is 70.8 cm³/mol. The van der Waals surface area contributed by atoms with Gasteiger partial charge in [-0.25, -0.2) is 12.8 Å². The van der Waals surface area contributed by atoms with Gasteiger partial charge in [0.2, 0.25) is 0 Å². The number of nitrogens with zero attached hydrogens (tertiary/aromatic N) is 1. The van der Waals surface area contributed by atoms with Crippen LogP contribution in [0.25, 0.3) is 0 Å². The van der Waals surface area contributed by atoms with Crippen LogP contribution in [0.1, 0.15) is 0 Å². The fraction of sp³-hybridized carbons (Fsp3) is 0. The molecule has 0 amide bonds. The normalized spacial score (nSPS) is 11.3. The molecule has 0 aliphatic heterocycles. The highest BCUT2D eigenvalue weighted by molar-refractivity contribution is 9.10. The van der Waals surface area contributed by atoms with Crippen LogP contribution in [0.15, 0.2) is 46.0 Å². The van der Waals surface area contributed by atoms with Gasteiger partial charge in [0.15, 0.2) is 0 Å². The van der Waals surface area contributed by atoms with Gasteiger partial charge in [-0.3, -0.25) is 9.71 Å². The third kappa shape index (κ3) is 3.02. The number of aromatic hydroxyl groups is 1. The maximum atomic E-state index is 13.3. The van der Waals surface area contributed by atoms with Crippen molar-refractivity contribution in [2.75, 3.05) is 4.72 Å². The summed E-state index contributed by atoms with van der Waals surface area (Å²) in [6, 6.07) is 4.63. The lowest BCUT2D eigenvalue weighted by atomic mass is 10.3. The van der Waals surface area contributed by atoms with E-state index in [1.807, 2.05) is 0 Å². The van der Waals surface area contributed by atoms with E-state index in [4.69, 9.17) is 0 Å². The van der Waals surface area contributed by atoms with Crippen LogP contribution in [-0.4, -0.2) is 18.5 Å². The van der Waals surface area contributed by atoms with E-state index in [-0.39, 0.29) is 20.8 Å². The second-order valence-corrected chi connectivity index (χ2v) is 6.11. The van der Waals surface area contributed by atoms with E-state index < -0.39 is 15.8 Å². The van der Waals surface area contributed by atoms with Crippen LogP contribution < -0.4 is 4.72 Å². The van der Waals surface area contributed by atoms with Gasteiger partial charge in [0.05, 0.1) is 15.6 Å². The Balaban J connectivity index is 2.38. The maximum absolute atomic E-state index is 13.3. The van der Waals surface area contributed by atoms with Crippen molar-refractivity contribution in [2.45, 2.75) is 4.90 Å². The molecule has 1 aromatic carbocycles. The second-order valence-electron chi connectivity index (χ2n) is 3.57. The molecule has 0 spiro atoms. The minimum Gasteiger partial charge on any atom is -0.506 e. The number of rotatable bonds is 3. The smallest absolute Gasteiger partial charge is 0.262 e. The van der Waals surface area contributed by atoms with Crippen LogP contribution >= 0.6 is 15.9 Å². The topological polar surface area (TPSA) is 79.3 Å². The van der Waals surface area contributed by atoms with Gasteiger partial charge >= 0.3 is 0 Å². The highest BCUT2D eigenvalue weighted by Crippen LogP contribution is 2.25. The molecule has 0 aliphatic rings. The molecule has 0 saturated heterocycles. The van der Waals surface area contributed by atoms with Gasteiger partial charge in [0.1, 0.15) is 17.3 Å². The number of sulfonamides is 1. The van der Waals surface area contributed by atoms with E-state index in [9.17, 15) is 17.9 Å². The van der Waals surface area contributed by atoms with Gasteiger partial charge in [-0.1, -0.05) is 0 Å². The van der Waals surface area contributed by atoms with Crippen LogP contribution in [0, 0.1) is 5.82 Å². The molecule has 2 aromatic rings. The van der Waals surface area contributed by atoms with E-state index in [0.29, 0.717) is 0 Å². The van der Waals surface area contributed by atoms with Gasteiger partial charge in [0.25, 0.3) is 10.0 Å². The summed E-state index contributed by atoms with van der Waals surface area (Å²) in [5.41, 5.74) is -0.0779. The molecule has 0 atom stereocenters. The molecule has 0 aliphatic carbocycles. The Labute approximate surface area is 117 Å². The van der Waals surface area contributed by atoms with Crippen molar-refractivity contribution < 1.29 is 17.9 Å². The van der Waals surface area contributed by atoms with Crippen molar-refractivity contribution >= 4 is 31.6 Å². The number of hydrogen-bond donors (Lipinski definition) is 2. The Kier molecular flexibility index (Phi) is 3.72. The second kappa shape index (κ2) is 5.14. The summed E-state index contributed by atoms with van der Waals surface area (Å²) in [5.74, 6) is -0.963. The minimum atomic E-state index is -3.99. The van der Waals surface area contributed by atoms with Gasteiger partial charge in [-0.2, -0.15) is 0 Å². The molecule has 1 heterocycles. The number of anilines is 1. The Morgan fingerprint density at radius 3 is 2.68 bits per heavy atom. The maximum Gasteiger partial charge on any atom is 0.262 e. The van der Waals surface area contributed by atoms with Crippen molar-refractivity contribution in [3.63, 3.8) is 0 Å². The van der Waals surface area contributed by atoms with Crippen LogP contribution in [0.5, 0.6) is 5.75 Å². The SMILES string of the molecule is O=S(=O)(Nc1cnccc1O)c1ccc(Br)c(F)c1.